The van der Waals surface area contributed by atoms with Gasteiger partial charge in [-0.05, 0) is 55.9 Å². The minimum Gasteiger partial charge on any atom is -0.261 e. The molecule has 0 bridgehead atoms. The van der Waals surface area contributed by atoms with Gasteiger partial charge in [0.15, 0.2) is 0 Å². The van der Waals surface area contributed by atoms with Crippen LogP contribution in [0.1, 0.15) is 96.4 Å². The van der Waals surface area contributed by atoms with Gasteiger partial charge >= 0.3 is 0 Å². The van der Waals surface area contributed by atoms with Gasteiger partial charge in [0.1, 0.15) is 0 Å². The Balaban J connectivity index is 0.000000280. The SMILES string of the molecule is CC(C)CCCCCc1ccccn1.CCCCCCCCc1ccccn1. The molecule has 0 aliphatic rings. The van der Waals surface area contributed by atoms with Crippen LogP contribution in [-0.4, -0.2) is 9.97 Å². The fourth-order valence-electron chi connectivity index (χ4n) is 3.21. The van der Waals surface area contributed by atoms with Crippen LogP contribution in [0, 0.1) is 5.92 Å². The normalized spacial score (nSPS) is 10.6. The molecule has 156 valence electrons. The van der Waals surface area contributed by atoms with E-state index in [1.165, 1.54) is 75.6 Å². The zero-order valence-corrected chi connectivity index (χ0v) is 18.6. The van der Waals surface area contributed by atoms with Gasteiger partial charge in [-0.1, -0.05) is 84.3 Å². The van der Waals surface area contributed by atoms with E-state index in [2.05, 4.69) is 55.0 Å². The Kier molecular flexibility index (Phi) is 15.1. The molecule has 0 radical (unpaired) electrons. The maximum atomic E-state index is 4.31. The molecule has 0 aromatic carbocycles. The van der Waals surface area contributed by atoms with E-state index >= 15 is 0 Å². The topological polar surface area (TPSA) is 25.8 Å². The van der Waals surface area contributed by atoms with Crippen LogP contribution < -0.4 is 0 Å². The van der Waals surface area contributed by atoms with Crippen LogP contribution in [0.2, 0.25) is 0 Å². The van der Waals surface area contributed by atoms with Gasteiger partial charge < -0.3 is 0 Å². The molecule has 2 aromatic heterocycles. The van der Waals surface area contributed by atoms with Crippen molar-refractivity contribution in [2.45, 2.75) is 97.8 Å². The number of hydrogen-bond acceptors (Lipinski definition) is 2. The highest BCUT2D eigenvalue weighted by atomic mass is 14.7. The lowest BCUT2D eigenvalue weighted by Gasteiger charge is -2.03. The molecule has 0 fully saturated rings. The van der Waals surface area contributed by atoms with E-state index in [1.807, 2.05) is 24.5 Å². The molecule has 0 N–H and O–H groups in total. The minimum absolute atomic E-state index is 0.852. The molecule has 0 atom stereocenters. The van der Waals surface area contributed by atoms with Crippen molar-refractivity contribution in [1.82, 2.24) is 9.97 Å². The summed E-state index contributed by atoms with van der Waals surface area (Å²) in [6, 6.07) is 12.3. The first-order chi connectivity index (χ1) is 13.7. The molecule has 0 saturated carbocycles. The zero-order chi connectivity index (χ0) is 20.3. The minimum atomic E-state index is 0.852. The number of rotatable bonds is 13. The standard InChI is InChI=1S/2C13H21N/c1-12(2)8-4-3-5-9-13-10-6-7-11-14-13;1-2-3-4-5-6-7-10-13-11-8-9-12-14-13/h6-7,10-12H,3-5,8-9H2,1-2H3;8-9,11-12H,2-7,10H2,1H3. The van der Waals surface area contributed by atoms with Crippen molar-refractivity contribution in [1.29, 1.82) is 0 Å². The summed E-state index contributed by atoms with van der Waals surface area (Å²) in [5, 5.41) is 0. The van der Waals surface area contributed by atoms with Crippen molar-refractivity contribution in [2.75, 3.05) is 0 Å². The molecule has 2 heterocycles. The highest BCUT2D eigenvalue weighted by molar-refractivity contribution is 5.03. The van der Waals surface area contributed by atoms with Gasteiger partial charge in [-0.25, -0.2) is 0 Å². The van der Waals surface area contributed by atoms with Crippen LogP contribution in [0.15, 0.2) is 48.8 Å². The van der Waals surface area contributed by atoms with Gasteiger partial charge in [0.2, 0.25) is 0 Å². The van der Waals surface area contributed by atoms with Crippen molar-refractivity contribution in [3.8, 4) is 0 Å². The van der Waals surface area contributed by atoms with Crippen molar-refractivity contribution in [2.24, 2.45) is 5.92 Å². The van der Waals surface area contributed by atoms with Crippen LogP contribution >= 0.6 is 0 Å². The smallest absolute Gasteiger partial charge is 0.0403 e. The summed E-state index contributed by atoms with van der Waals surface area (Å²) in [6.45, 7) is 6.84. The number of aromatic nitrogens is 2. The maximum Gasteiger partial charge on any atom is 0.0403 e. The van der Waals surface area contributed by atoms with E-state index < -0.39 is 0 Å². The summed E-state index contributed by atoms with van der Waals surface area (Å²) in [7, 11) is 0. The van der Waals surface area contributed by atoms with Crippen molar-refractivity contribution < 1.29 is 0 Å². The molecule has 0 unspecified atom stereocenters. The summed E-state index contributed by atoms with van der Waals surface area (Å²) in [4.78, 5) is 8.62. The maximum absolute atomic E-state index is 4.31. The average Bonchev–Trinajstić information content (AvgIpc) is 2.72. The monoisotopic (exact) mass is 382 g/mol. The van der Waals surface area contributed by atoms with E-state index in [1.54, 1.807) is 0 Å². The Labute approximate surface area is 174 Å². The second-order valence-corrected chi connectivity index (χ2v) is 8.15. The molecule has 2 rings (SSSR count). The molecular formula is C26H42N2. The first-order valence-corrected chi connectivity index (χ1v) is 11.5. The molecule has 0 amide bonds. The van der Waals surface area contributed by atoms with Crippen LogP contribution in [-0.2, 0) is 12.8 Å². The molecule has 2 nitrogen and oxygen atoms in total. The van der Waals surface area contributed by atoms with E-state index in [4.69, 9.17) is 0 Å². The quantitative estimate of drug-likeness (QED) is 0.330. The van der Waals surface area contributed by atoms with Crippen LogP contribution in [0.25, 0.3) is 0 Å². The van der Waals surface area contributed by atoms with Gasteiger partial charge in [-0.2, -0.15) is 0 Å². The predicted molar refractivity (Wildman–Crippen MR) is 123 cm³/mol. The van der Waals surface area contributed by atoms with E-state index in [9.17, 15) is 0 Å². The van der Waals surface area contributed by atoms with E-state index in [0.717, 1.165) is 18.8 Å². The fraction of sp³-hybridized carbons (Fsp3) is 0.615. The number of nitrogens with zero attached hydrogens (tertiary/aromatic N) is 2. The lowest BCUT2D eigenvalue weighted by molar-refractivity contribution is 0.526. The van der Waals surface area contributed by atoms with Gasteiger partial charge in [0.05, 0.1) is 0 Å². The number of hydrogen-bond donors (Lipinski definition) is 0. The van der Waals surface area contributed by atoms with Gasteiger partial charge in [0.25, 0.3) is 0 Å². The van der Waals surface area contributed by atoms with Gasteiger partial charge in [-0.15, -0.1) is 0 Å². The molecule has 0 spiro atoms. The Hall–Kier alpha value is -1.70. The second-order valence-electron chi connectivity index (χ2n) is 8.15. The van der Waals surface area contributed by atoms with Gasteiger partial charge in [0, 0.05) is 23.8 Å². The molecule has 2 aromatic rings. The van der Waals surface area contributed by atoms with Crippen LogP contribution in [0.4, 0.5) is 0 Å². The Morgan fingerprint density at radius 1 is 0.643 bits per heavy atom. The fourth-order valence-corrected chi connectivity index (χ4v) is 3.21. The first kappa shape index (κ1) is 24.3. The molecule has 0 aliphatic carbocycles. The third-order valence-corrected chi connectivity index (χ3v) is 4.95. The number of aryl methyl sites for hydroxylation is 2. The molecule has 28 heavy (non-hydrogen) atoms. The van der Waals surface area contributed by atoms with Crippen molar-refractivity contribution >= 4 is 0 Å². The largest absolute Gasteiger partial charge is 0.261 e. The van der Waals surface area contributed by atoms with Crippen LogP contribution in [0.3, 0.4) is 0 Å². The predicted octanol–water partition coefficient (Wildman–Crippen LogP) is 7.83. The zero-order valence-electron chi connectivity index (χ0n) is 18.6. The van der Waals surface area contributed by atoms with Crippen molar-refractivity contribution in [3.63, 3.8) is 0 Å². The number of unbranched alkanes of at least 4 members (excludes halogenated alkanes) is 7. The van der Waals surface area contributed by atoms with Crippen molar-refractivity contribution in [3.05, 3.63) is 60.2 Å². The molecular weight excluding hydrogens is 340 g/mol. The van der Waals surface area contributed by atoms with Gasteiger partial charge in [-0.3, -0.25) is 9.97 Å². The Bertz CT molecular complexity index is 551. The molecule has 0 saturated heterocycles. The lowest BCUT2D eigenvalue weighted by Crippen LogP contribution is -1.91. The summed E-state index contributed by atoms with van der Waals surface area (Å²) in [5.74, 6) is 0.852. The molecule has 2 heteroatoms. The highest BCUT2D eigenvalue weighted by Gasteiger charge is 1.96. The lowest BCUT2D eigenvalue weighted by atomic mass is 10.0. The summed E-state index contributed by atoms with van der Waals surface area (Å²) < 4.78 is 0. The molecule has 0 aliphatic heterocycles. The van der Waals surface area contributed by atoms with Crippen LogP contribution in [0.5, 0.6) is 0 Å². The van der Waals surface area contributed by atoms with E-state index in [-0.39, 0.29) is 0 Å². The first-order valence-electron chi connectivity index (χ1n) is 11.5. The number of pyridine rings is 2. The average molecular weight is 383 g/mol. The second kappa shape index (κ2) is 17.4. The summed E-state index contributed by atoms with van der Waals surface area (Å²) in [5.41, 5.74) is 2.47. The third-order valence-electron chi connectivity index (χ3n) is 4.95. The summed E-state index contributed by atoms with van der Waals surface area (Å²) in [6.07, 6.45) is 19.6. The highest BCUT2D eigenvalue weighted by Crippen LogP contribution is 2.10. The van der Waals surface area contributed by atoms with E-state index in [0.29, 0.717) is 0 Å². The Morgan fingerprint density at radius 2 is 1.14 bits per heavy atom. The Morgan fingerprint density at radius 3 is 1.61 bits per heavy atom. The third kappa shape index (κ3) is 14.4. The summed E-state index contributed by atoms with van der Waals surface area (Å²) >= 11 is 0.